The zero-order valence-electron chi connectivity index (χ0n) is 32.8. The molecule has 12 rings (SSSR count). The van der Waals surface area contributed by atoms with Gasteiger partial charge in [-0.25, -0.2) is 0 Å². The van der Waals surface area contributed by atoms with Gasteiger partial charge < -0.3 is 13.9 Å². The van der Waals surface area contributed by atoms with Crippen LogP contribution in [0, 0.1) is 0 Å². The number of anilines is 3. The molecule has 0 N–H and O–H groups in total. The van der Waals surface area contributed by atoms with Gasteiger partial charge in [-0.05, 0) is 111 Å². The highest BCUT2D eigenvalue weighted by atomic mass is 16.3. The Morgan fingerprint density at radius 2 is 1.02 bits per heavy atom. The molecular formula is C57H38N2O. The number of rotatable bonds is 7. The molecule has 2 heterocycles. The minimum atomic E-state index is 0.709. The van der Waals surface area contributed by atoms with E-state index in [2.05, 4.69) is 228 Å². The molecule has 282 valence electrons. The van der Waals surface area contributed by atoms with E-state index in [9.17, 15) is 0 Å². The van der Waals surface area contributed by atoms with Crippen molar-refractivity contribution in [2.75, 3.05) is 4.90 Å². The molecule has 0 atom stereocenters. The van der Waals surface area contributed by atoms with E-state index in [1.807, 2.05) is 0 Å². The van der Waals surface area contributed by atoms with E-state index in [1.165, 1.54) is 65.6 Å². The molecule has 3 heteroatoms. The topological polar surface area (TPSA) is 21.3 Å². The lowest BCUT2D eigenvalue weighted by Gasteiger charge is -2.27. The summed E-state index contributed by atoms with van der Waals surface area (Å²) in [5, 5.41) is 9.65. The molecular weight excluding hydrogens is 729 g/mol. The van der Waals surface area contributed by atoms with Crippen LogP contribution in [0.4, 0.5) is 17.1 Å². The third-order valence-electron chi connectivity index (χ3n) is 12.2. The molecule has 0 amide bonds. The van der Waals surface area contributed by atoms with Crippen LogP contribution in [-0.2, 0) is 6.42 Å². The van der Waals surface area contributed by atoms with Gasteiger partial charge in [-0.1, -0.05) is 152 Å². The zero-order chi connectivity index (χ0) is 39.6. The number of aromatic nitrogens is 1. The van der Waals surface area contributed by atoms with Gasteiger partial charge in [0.25, 0.3) is 0 Å². The molecule has 0 saturated heterocycles. The second kappa shape index (κ2) is 13.9. The summed E-state index contributed by atoms with van der Waals surface area (Å²) >= 11 is 0. The molecule has 0 unspecified atom stereocenters. The standard InChI is InChI=1S/C57H38N2O/c1-3-14-38(15-4-1)40-26-30-46(31-27-40)58(47-32-28-39-16-7-8-18-42(39)35-47)48-36-44(56-54(37-48)60-53-33-29-41-17-9-10-22-49(41)57(53)56)34-43-19-13-25-52-55(43)50-23-11-12-24-51(50)59(52)45-20-5-2-6-21-45/h1-33,35-37H,34H2. The summed E-state index contributed by atoms with van der Waals surface area (Å²) in [7, 11) is 0. The molecule has 0 aliphatic heterocycles. The highest BCUT2D eigenvalue weighted by molar-refractivity contribution is 6.20. The summed E-state index contributed by atoms with van der Waals surface area (Å²) in [4.78, 5) is 2.39. The van der Waals surface area contributed by atoms with Gasteiger partial charge in [0.1, 0.15) is 11.2 Å². The molecule has 0 aliphatic rings. The summed E-state index contributed by atoms with van der Waals surface area (Å²) in [5.74, 6) is 0. The Labute approximate surface area is 347 Å². The van der Waals surface area contributed by atoms with Crippen molar-refractivity contribution in [3.05, 3.63) is 230 Å². The lowest BCUT2D eigenvalue weighted by Crippen LogP contribution is -2.10. The second-order valence-corrected chi connectivity index (χ2v) is 15.7. The quantitative estimate of drug-likeness (QED) is 0.161. The lowest BCUT2D eigenvalue weighted by molar-refractivity contribution is 0.669. The Morgan fingerprint density at radius 3 is 1.85 bits per heavy atom. The van der Waals surface area contributed by atoms with Crippen molar-refractivity contribution in [2.45, 2.75) is 6.42 Å². The van der Waals surface area contributed by atoms with Gasteiger partial charge in [0, 0.05) is 44.7 Å². The Morgan fingerprint density at radius 1 is 0.367 bits per heavy atom. The fourth-order valence-electron chi connectivity index (χ4n) is 9.50. The molecule has 3 nitrogen and oxygen atoms in total. The van der Waals surface area contributed by atoms with E-state index in [1.54, 1.807) is 0 Å². The van der Waals surface area contributed by atoms with Gasteiger partial charge in [-0.15, -0.1) is 0 Å². The van der Waals surface area contributed by atoms with E-state index in [4.69, 9.17) is 4.42 Å². The number of nitrogens with zero attached hydrogens (tertiary/aromatic N) is 2. The van der Waals surface area contributed by atoms with Crippen molar-refractivity contribution in [3.8, 4) is 16.8 Å². The van der Waals surface area contributed by atoms with Crippen molar-refractivity contribution in [1.29, 1.82) is 0 Å². The zero-order valence-corrected chi connectivity index (χ0v) is 32.8. The third-order valence-corrected chi connectivity index (χ3v) is 12.2. The average molecular weight is 767 g/mol. The third kappa shape index (κ3) is 5.59. The number of hydrogen-bond donors (Lipinski definition) is 0. The molecule has 2 aromatic heterocycles. The maximum atomic E-state index is 6.94. The predicted molar refractivity (Wildman–Crippen MR) is 252 cm³/mol. The van der Waals surface area contributed by atoms with Gasteiger partial charge in [0.05, 0.1) is 16.7 Å². The molecule has 0 saturated carbocycles. The number of para-hydroxylation sites is 2. The van der Waals surface area contributed by atoms with Crippen molar-refractivity contribution in [1.82, 2.24) is 4.57 Å². The Balaban J connectivity index is 1.12. The van der Waals surface area contributed by atoms with E-state index < -0.39 is 0 Å². The van der Waals surface area contributed by atoms with E-state index in [-0.39, 0.29) is 0 Å². The number of fused-ring (bicyclic) bond motifs is 9. The van der Waals surface area contributed by atoms with Crippen molar-refractivity contribution >= 4 is 82.4 Å². The highest BCUT2D eigenvalue weighted by Gasteiger charge is 2.22. The number of hydrogen-bond acceptors (Lipinski definition) is 2. The first-order valence-corrected chi connectivity index (χ1v) is 20.6. The number of benzene rings is 10. The van der Waals surface area contributed by atoms with Crippen LogP contribution in [0.25, 0.3) is 82.1 Å². The van der Waals surface area contributed by atoms with Crippen LogP contribution in [0.3, 0.4) is 0 Å². The minimum absolute atomic E-state index is 0.709. The van der Waals surface area contributed by atoms with Crippen molar-refractivity contribution in [3.63, 3.8) is 0 Å². The van der Waals surface area contributed by atoms with Crippen LogP contribution >= 0.6 is 0 Å². The first-order chi connectivity index (χ1) is 29.7. The maximum absolute atomic E-state index is 6.94. The molecule has 10 aromatic carbocycles. The van der Waals surface area contributed by atoms with Gasteiger partial charge in [-0.3, -0.25) is 0 Å². The fourth-order valence-corrected chi connectivity index (χ4v) is 9.50. The fraction of sp³-hybridized carbons (Fsp3) is 0.0175. The van der Waals surface area contributed by atoms with Gasteiger partial charge >= 0.3 is 0 Å². The predicted octanol–water partition coefficient (Wildman–Crippen LogP) is 15.7. The number of furan rings is 1. The van der Waals surface area contributed by atoms with Crippen molar-refractivity contribution in [2.24, 2.45) is 0 Å². The largest absolute Gasteiger partial charge is 0.456 e. The normalized spacial score (nSPS) is 11.7. The van der Waals surface area contributed by atoms with Gasteiger partial charge in [-0.2, -0.15) is 0 Å². The van der Waals surface area contributed by atoms with E-state index in [0.29, 0.717) is 6.42 Å². The van der Waals surface area contributed by atoms with E-state index >= 15 is 0 Å². The SMILES string of the molecule is c1ccc(-c2ccc(N(c3ccc4ccccc4c3)c3cc(Cc4cccc5c4c4ccccc4n5-c4ccccc4)c4c(c3)oc3ccc5ccccc5c34)cc2)cc1. The molecule has 0 radical (unpaired) electrons. The molecule has 60 heavy (non-hydrogen) atoms. The smallest absolute Gasteiger partial charge is 0.137 e. The highest BCUT2D eigenvalue weighted by Crippen LogP contribution is 2.45. The first-order valence-electron chi connectivity index (χ1n) is 20.6. The molecule has 0 bridgehead atoms. The molecule has 0 spiro atoms. The Kier molecular flexibility index (Phi) is 7.92. The monoisotopic (exact) mass is 766 g/mol. The Hall–Kier alpha value is -7.88. The van der Waals surface area contributed by atoms with Crippen LogP contribution in [0.5, 0.6) is 0 Å². The van der Waals surface area contributed by atoms with Crippen molar-refractivity contribution < 1.29 is 4.42 Å². The minimum Gasteiger partial charge on any atom is -0.456 e. The first kappa shape index (κ1) is 34.2. The van der Waals surface area contributed by atoms with Crippen LogP contribution in [0.2, 0.25) is 0 Å². The second-order valence-electron chi connectivity index (χ2n) is 15.7. The van der Waals surface area contributed by atoms with Gasteiger partial charge in [0.15, 0.2) is 0 Å². The Bertz CT molecular complexity index is 3560. The average Bonchev–Trinajstić information content (AvgIpc) is 3.87. The molecule has 0 aliphatic carbocycles. The lowest BCUT2D eigenvalue weighted by atomic mass is 9.94. The van der Waals surface area contributed by atoms with Gasteiger partial charge in [0.2, 0.25) is 0 Å². The summed E-state index contributed by atoms with van der Waals surface area (Å²) in [6.45, 7) is 0. The molecule has 0 fully saturated rings. The van der Waals surface area contributed by atoms with Crippen LogP contribution in [0.1, 0.15) is 11.1 Å². The summed E-state index contributed by atoms with van der Waals surface area (Å²) in [6.07, 6.45) is 0.709. The van der Waals surface area contributed by atoms with Crippen LogP contribution in [0.15, 0.2) is 223 Å². The van der Waals surface area contributed by atoms with Crippen LogP contribution < -0.4 is 4.90 Å². The van der Waals surface area contributed by atoms with E-state index in [0.717, 1.165) is 44.7 Å². The maximum Gasteiger partial charge on any atom is 0.137 e. The molecule has 12 aromatic rings. The summed E-state index contributed by atoms with van der Waals surface area (Å²) < 4.78 is 9.34. The van der Waals surface area contributed by atoms with Crippen LogP contribution in [-0.4, -0.2) is 4.57 Å². The summed E-state index contributed by atoms with van der Waals surface area (Å²) in [5.41, 5.74) is 13.4. The summed E-state index contributed by atoms with van der Waals surface area (Å²) in [6, 6.07) is 78.9.